The van der Waals surface area contributed by atoms with Gasteiger partial charge in [0.15, 0.2) is 11.6 Å². The van der Waals surface area contributed by atoms with Crippen molar-refractivity contribution >= 4 is 17.0 Å². The van der Waals surface area contributed by atoms with Crippen LogP contribution < -0.4 is 5.73 Å². The lowest BCUT2D eigenvalue weighted by Crippen LogP contribution is -1.93. The van der Waals surface area contributed by atoms with E-state index in [1.54, 1.807) is 17.5 Å². The van der Waals surface area contributed by atoms with Gasteiger partial charge in [0.25, 0.3) is 0 Å². The number of rotatable bonds is 1. The average Bonchev–Trinajstić information content (AvgIpc) is 2.63. The van der Waals surface area contributed by atoms with Gasteiger partial charge in [0.1, 0.15) is 0 Å². The van der Waals surface area contributed by atoms with Crippen molar-refractivity contribution in [3.8, 4) is 10.4 Å². The van der Waals surface area contributed by atoms with E-state index in [0.29, 0.717) is 4.88 Å². The number of hydrogen-bond donors (Lipinski definition) is 1. The van der Waals surface area contributed by atoms with Gasteiger partial charge in [-0.3, -0.25) is 0 Å². The van der Waals surface area contributed by atoms with Crippen LogP contribution in [0.2, 0.25) is 0 Å². The Morgan fingerprint density at radius 1 is 1.21 bits per heavy atom. The van der Waals surface area contributed by atoms with E-state index in [2.05, 4.69) is 0 Å². The molecule has 4 heteroatoms. The normalized spacial score (nSPS) is 10.4. The summed E-state index contributed by atoms with van der Waals surface area (Å²) in [5, 5.41) is 1.80. The van der Waals surface area contributed by atoms with Gasteiger partial charge >= 0.3 is 0 Å². The van der Waals surface area contributed by atoms with Crippen LogP contribution in [0.4, 0.5) is 14.5 Å². The third-order valence-electron chi connectivity index (χ3n) is 1.84. The predicted molar refractivity (Wildman–Crippen MR) is 54.1 cm³/mol. The Labute approximate surface area is 83.8 Å². The zero-order chi connectivity index (χ0) is 10.1. The molecular formula is C10H7F2NS. The number of nitrogens with two attached hydrogens (primary N) is 1. The van der Waals surface area contributed by atoms with Crippen molar-refractivity contribution in [2.24, 2.45) is 0 Å². The number of nitrogen functional groups attached to an aromatic ring is 1. The molecule has 1 aromatic heterocycles. The molecule has 0 saturated carbocycles. The molecule has 0 fully saturated rings. The molecule has 0 radical (unpaired) electrons. The molecule has 0 unspecified atom stereocenters. The first kappa shape index (κ1) is 9.15. The minimum atomic E-state index is -0.909. The molecule has 0 saturated heterocycles. The molecule has 2 rings (SSSR count). The van der Waals surface area contributed by atoms with E-state index in [4.69, 9.17) is 5.73 Å². The van der Waals surface area contributed by atoms with Crippen LogP contribution >= 0.6 is 11.3 Å². The van der Waals surface area contributed by atoms with Crippen LogP contribution in [0.5, 0.6) is 0 Å². The van der Waals surface area contributed by atoms with E-state index >= 15 is 0 Å². The van der Waals surface area contributed by atoms with Crippen molar-refractivity contribution in [3.63, 3.8) is 0 Å². The first-order chi connectivity index (χ1) is 6.68. The summed E-state index contributed by atoms with van der Waals surface area (Å²) >= 11 is 1.35. The number of halogens is 2. The molecule has 72 valence electrons. The Hall–Kier alpha value is -1.42. The first-order valence-corrected chi connectivity index (χ1v) is 4.85. The molecule has 0 aliphatic rings. The lowest BCUT2D eigenvalue weighted by atomic mass is 10.1. The summed E-state index contributed by atoms with van der Waals surface area (Å²) in [4.78, 5) is 0.675. The Kier molecular flexibility index (Phi) is 2.21. The van der Waals surface area contributed by atoms with Gasteiger partial charge in [-0.25, -0.2) is 8.78 Å². The van der Waals surface area contributed by atoms with Crippen LogP contribution in [-0.4, -0.2) is 0 Å². The van der Waals surface area contributed by atoms with Gasteiger partial charge in [-0.1, -0.05) is 6.07 Å². The topological polar surface area (TPSA) is 26.0 Å². The van der Waals surface area contributed by atoms with Gasteiger partial charge in [-0.05, 0) is 23.6 Å². The summed E-state index contributed by atoms with van der Waals surface area (Å²) in [6.07, 6.45) is 0. The van der Waals surface area contributed by atoms with E-state index in [1.165, 1.54) is 17.4 Å². The zero-order valence-corrected chi connectivity index (χ0v) is 7.94. The summed E-state index contributed by atoms with van der Waals surface area (Å²) in [5.41, 5.74) is 5.88. The second-order valence-corrected chi connectivity index (χ2v) is 3.79. The zero-order valence-electron chi connectivity index (χ0n) is 7.13. The molecule has 0 amide bonds. The highest BCUT2D eigenvalue weighted by Crippen LogP contribution is 2.30. The molecule has 2 aromatic rings. The van der Waals surface area contributed by atoms with E-state index in [0.717, 1.165) is 6.07 Å². The number of thiophene rings is 1. The maximum Gasteiger partial charge on any atom is 0.167 e. The van der Waals surface area contributed by atoms with Crippen molar-refractivity contribution in [3.05, 3.63) is 41.3 Å². The lowest BCUT2D eigenvalue weighted by Gasteiger charge is -2.02. The summed E-state index contributed by atoms with van der Waals surface area (Å²) in [5.74, 6) is -1.75. The summed E-state index contributed by atoms with van der Waals surface area (Å²) in [6.45, 7) is 0. The van der Waals surface area contributed by atoms with Gasteiger partial charge in [0, 0.05) is 16.1 Å². The lowest BCUT2D eigenvalue weighted by molar-refractivity contribution is 0.512. The number of benzene rings is 1. The molecule has 0 atom stereocenters. The largest absolute Gasteiger partial charge is 0.399 e. The smallest absolute Gasteiger partial charge is 0.167 e. The maximum absolute atomic E-state index is 13.3. The van der Waals surface area contributed by atoms with Crippen molar-refractivity contribution in [2.75, 3.05) is 5.73 Å². The molecule has 0 aliphatic heterocycles. The van der Waals surface area contributed by atoms with Gasteiger partial charge in [-0.2, -0.15) is 0 Å². The SMILES string of the molecule is Nc1cc(F)c(F)c(-c2cccs2)c1. The quantitative estimate of drug-likeness (QED) is 0.720. The van der Waals surface area contributed by atoms with Crippen LogP contribution in [0.1, 0.15) is 0 Å². The standard InChI is InChI=1S/C10H7F2NS/c11-8-5-6(13)4-7(10(8)12)9-2-1-3-14-9/h1-5H,13H2. The van der Waals surface area contributed by atoms with Crippen molar-refractivity contribution in [1.82, 2.24) is 0 Å². The van der Waals surface area contributed by atoms with E-state index in [9.17, 15) is 8.78 Å². The summed E-state index contributed by atoms with van der Waals surface area (Å²) < 4.78 is 26.3. The fourth-order valence-electron chi connectivity index (χ4n) is 1.22. The Morgan fingerprint density at radius 3 is 2.64 bits per heavy atom. The summed E-state index contributed by atoms with van der Waals surface area (Å²) in [6, 6.07) is 5.92. The van der Waals surface area contributed by atoms with Crippen LogP contribution in [0.25, 0.3) is 10.4 Å². The minimum Gasteiger partial charge on any atom is -0.399 e. The predicted octanol–water partition coefficient (Wildman–Crippen LogP) is 3.28. The molecule has 0 bridgehead atoms. The van der Waals surface area contributed by atoms with E-state index < -0.39 is 11.6 Å². The maximum atomic E-state index is 13.3. The molecule has 14 heavy (non-hydrogen) atoms. The van der Waals surface area contributed by atoms with Crippen LogP contribution in [-0.2, 0) is 0 Å². The highest BCUT2D eigenvalue weighted by Gasteiger charge is 2.11. The molecular weight excluding hydrogens is 204 g/mol. The number of anilines is 1. The monoisotopic (exact) mass is 211 g/mol. The van der Waals surface area contributed by atoms with Crippen LogP contribution in [0.3, 0.4) is 0 Å². The van der Waals surface area contributed by atoms with E-state index in [1.807, 2.05) is 0 Å². The van der Waals surface area contributed by atoms with Crippen molar-refractivity contribution in [2.45, 2.75) is 0 Å². The van der Waals surface area contributed by atoms with Crippen LogP contribution in [0.15, 0.2) is 29.6 Å². The average molecular weight is 211 g/mol. The molecule has 1 heterocycles. The highest BCUT2D eigenvalue weighted by atomic mass is 32.1. The second-order valence-electron chi connectivity index (χ2n) is 2.84. The fraction of sp³-hybridized carbons (Fsp3) is 0. The molecule has 1 aromatic carbocycles. The second kappa shape index (κ2) is 3.38. The summed E-state index contributed by atoms with van der Waals surface area (Å²) in [7, 11) is 0. The van der Waals surface area contributed by atoms with Gasteiger partial charge in [0.05, 0.1) is 0 Å². The number of hydrogen-bond acceptors (Lipinski definition) is 2. The van der Waals surface area contributed by atoms with Crippen molar-refractivity contribution in [1.29, 1.82) is 0 Å². The fourth-order valence-corrected chi connectivity index (χ4v) is 1.96. The highest BCUT2D eigenvalue weighted by molar-refractivity contribution is 7.13. The Bertz CT molecular complexity index is 451. The molecule has 1 nitrogen and oxygen atoms in total. The molecule has 0 aliphatic carbocycles. The Morgan fingerprint density at radius 2 is 2.00 bits per heavy atom. The molecule has 0 spiro atoms. The van der Waals surface area contributed by atoms with Crippen molar-refractivity contribution < 1.29 is 8.78 Å². The Balaban J connectivity index is 2.64. The third-order valence-corrected chi connectivity index (χ3v) is 2.74. The van der Waals surface area contributed by atoms with Gasteiger partial charge in [-0.15, -0.1) is 11.3 Å². The van der Waals surface area contributed by atoms with Crippen LogP contribution in [0, 0.1) is 11.6 Å². The minimum absolute atomic E-state index is 0.220. The third kappa shape index (κ3) is 1.48. The van der Waals surface area contributed by atoms with E-state index in [-0.39, 0.29) is 11.3 Å². The first-order valence-electron chi connectivity index (χ1n) is 3.97. The van der Waals surface area contributed by atoms with Gasteiger partial charge < -0.3 is 5.73 Å². The van der Waals surface area contributed by atoms with Gasteiger partial charge in [0.2, 0.25) is 0 Å². The molecule has 2 N–H and O–H groups in total.